The third-order valence-corrected chi connectivity index (χ3v) is 4.05. The van der Waals surface area contributed by atoms with Crippen molar-refractivity contribution in [2.75, 3.05) is 0 Å². The van der Waals surface area contributed by atoms with E-state index in [0.717, 1.165) is 10.9 Å². The number of aromatic nitrogens is 2. The zero-order chi connectivity index (χ0) is 17.2. The molecule has 3 rings (SSSR count). The molecule has 0 radical (unpaired) electrons. The number of benzene rings is 2. The summed E-state index contributed by atoms with van der Waals surface area (Å²) >= 11 is 0. The van der Waals surface area contributed by atoms with Gasteiger partial charge in [-0.05, 0) is 18.6 Å². The fourth-order valence-electron chi connectivity index (χ4n) is 2.65. The highest BCUT2D eigenvalue weighted by Crippen LogP contribution is 2.22. The van der Waals surface area contributed by atoms with Gasteiger partial charge in [-0.1, -0.05) is 48.5 Å². The highest BCUT2D eigenvalue weighted by Gasteiger charge is 2.36. The van der Waals surface area contributed by atoms with Crippen LogP contribution >= 0.6 is 0 Å². The number of fused-ring (bicyclic) bond motifs is 1. The third kappa shape index (κ3) is 2.86. The van der Waals surface area contributed by atoms with Gasteiger partial charge in [-0.2, -0.15) is 5.10 Å². The number of aromatic amines is 1. The SMILES string of the molecule is C[C@@](NC(=O)Cc1[nH]nc2ccccc12)(C(=O)O)c1ccccc1. The minimum absolute atomic E-state index is 0.0240. The molecule has 0 saturated carbocycles. The molecule has 0 saturated heterocycles. The van der Waals surface area contributed by atoms with E-state index >= 15 is 0 Å². The Kier molecular flexibility index (Phi) is 4.04. The molecular formula is C18H17N3O3. The molecule has 3 aromatic rings. The second-order valence-electron chi connectivity index (χ2n) is 5.74. The summed E-state index contributed by atoms with van der Waals surface area (Å²) in [5.74, 6) is -1.50. The fraction of sp³-hybridized carbons (Fsp3) is 0.167. The second-order valence-corrected chi connectivity index (χ2v) is 5.74. The summed E-state index contributed by atoms with van der Waals surface area (Å²) in [4.78, 5) is 24.2. The number of nitrogens with one attached hydrogen (secondary N) is 2. The fourth-order valence-corrected chi connectivity index (χ4v) is 2.65. The van der Waals surface area contributed by atoms with Crippen LogP contribution in [0.15, 0.2) is 54.6 Å². The Morgan fingerprint density at radius 1 is 1.12 bits per heavy atom. The summed E-state index contributed by atoms with van der Waals surface area (Å²) in [5, 5.41) is 20.1. The summed E-state index contributed by atoms with van der Waals surface area (Å²) in [5.41, 5.74) is 0.447. The zero-order valence-electron chi connectivity index (χ0n) is 13.1. The summed E-state index contributed by atoms with van der Waals surface area (Å²) in [6, 6.07) is 16.1. The number of rotatable bonds is 5. The number of hydrogen-bond acceptors (Lipinski definition) is 3. The van der Waals surface area contributed by atoms with Crippen molar-refractivity contribution in [3.05, 3.63) is 65.9 Å². The maximum atomic E-state index is 12.4. The summed E-state index contributed by atoms with van der Waals surface area (Å²) < 4.78 is 0. The predicted octanol–water partition coefficient (Wildman–Crippen LogP) is 2.22. The molecular weight excluding hydrogens is 306 g/mol. The van der Waals surface area contributed by atoms with Gasteiger partial charge >= 0.3 is 5.97 Å². The van der Waals surface area contributed by atoms with E-state index < -0.39 is 17.4 Å². The van der Waals surface area contributed by atoms with Gasteiger partial charge in [-0.3, -0.25) is 9.89 Å². The normalized spacial score (nSPS) is 13.4. The minimum Gasteiger partial charge on any atom is -0.479 e. The number of nitrogens with zero attached hydrogens (tertiary/aromatic N) is 1. The van der Waals surface area contributed by atoms with Crippen LogP contribution in [-0.4, -0.2) is 27.2 Å². The first-order valence-corrected chi connectivity index (χ1v) is 7.52. The molecule has 6 heteroatoms. The molecule has 0 fully saturated rings. The van der Waals surface area contributed by atoms with Crippen LogP contribution in [0.3, 0.4) is 0 Å². The molecule has 24 heavy (non-hydrogen) atoms. The number of carbonyl (C=O) groups is 2. The smallest absolute Gasteiger partial charge is 0.333 e. The average Bonchev–Trinajstić information content (AvgIpc) is 2.98. The number of carboxylic acid groups (broad SMARTS) is 1. The van der Waals surface area contributed by atoms with Gasteiger partial charge in [0.15, 0.2) is 5.54 Å². The van der Waals surface area contributed by atoms with Crippen molar-refractivity contribution in [2.45, 2.75) is 18.9 Å². The summed E-state index contributed by atoms with van der Waals surface area (Å²) in [6.45, 7) is 1.48. The lowest BCUT2D eigenvalue weighted by molar-refractivity contribution is -0.147. The number of H-pyrrole nitrogens is 1. The molecule has 0 aliphatic rings. The van der Waals surface area contributed by atoms with Crippen LogP contribution in [0.5, 0.6) is 0 Å². The summed E-state index contributed by atoms with van der Waals surface area (Å²) in [6.07, 6.45) is 0.0240. The van der Waals surface area contributed by atoms with Crippen molar-refractivity contribution < 1.29 is 14.7 Å². The van der Waals surface area contributed by atoms with Crippen molar-refractivity contribution in [2.24, 2.45) is 0 Å². The van der Waals surface area contributed by atoms with E-state index in [0.29, 0.717) is 11.3 Å². The first-order valence-electron chi connectivity index (χ1n) is 7.52. The lowest BCUT2D eigenvalue weighted by atomic mass is 9.92. The Balaban J connectivity index is 1.83. The van der Waals surface area contributed by atoms with Crippen molar-refractivity contribution >= 4 is 22.8 Å². The van der Waals surface area contributed by atoms with E-state index in [9.17, 15) is 14.7 Å². The van der Waals surface area contributed by atoms with Gasteiger partial charge in [0.2, 0.25) is 5.91 Å². The van der Waals surface area contributed by atoms with Gasteiger partial charge in [-0.25, -0.2) is 4.79 Å². The van der Waals surface area contributed by atoms with Crippen molar-refractivity contribution in [3.8, 4) is 0 Å². The van der Waals surface area contributed by atoms with Crippen LogP contribution in [0, 0.1) is 0 Å². The van der Waals surface area contributed by atoms with E-state index in [1.54, 1.807) is 30.3 Å². The Bertz CT molecular complexity index is 889. The molecule has 1 amide bonds. The molecule has 1 aromatic heterocycles. The Labute approximate surface area is 138 Å². The minimum atomic E-state index is -1.49. The topological polar surface area (TPSA) is 95.1 Å². The highest BCUT2D eigenvalue weighted by molar-refractivity contribution is 5.91. The number of amides is 1. The molecule has 3 N–H and O–H groups in total. The van der Waals surface area contributed by atoms with E-state index in [1.807, 2.05) is 24.3 Å². The molecule has 0 unspecified atom stereocenters. The molecule has 0 spiro atoms. The Hall–Kier alpha value is -3.15. The average molecular weight is 323 g/mol. The Morgan fingerprint density at radius 2 is 1.79 bits per heavy atom. The largest absolute Gasteiger partial charge is 0.479 e. The molecule has 1 heterocycles. The van der Waals surface area contributed by atoms with Gasteiger partial charge < -0.3 is 10.4 Å². The van der Waals surface area contributed by atoms with Gasteiger partial charge in [-0.15, -0.1) is 0 Å². The lowest BCUT2D eigenvalue weighted by Crippen LogP contribution is -2.50. The maximum absolute atomic E-state index is 12.4. The van der Waals surface area contributed by atoms with Crippen LogP contribution in [-0.2, 0) is 21.5 Å². The highest BCUT2D eigenvalue weighted by atomic mass is 16.4. The number of aliphatic carboxylic acids is 1. The molecule has 2 aromatic carbocycles. The van der Waals surface area contributed by atoms with Crippen LogP contribution in [0.25, 0.3) is 10.9 Å². The second kappa shape index (κ2) is 6.16. The molecule has 0 aliphatic carbocycles. The molecule has 6 nitrogen and oxygen atoms in total. The maximum Gasteiger partial charge on any atom is 0.333 e. The number of para-hydroxylation sites is 1. The number of carboxylic acids is 1. The van der Waals surface area contributed by atoms with Gasteiger partial charge in [0.25, 0.3) is 0 Å². The predicted molar refractivity (Wildman–Crippen MR) is 89.4 cm³/mol. The standard InChI is InChI=1S/C18H17N3O3/c1-18(17(23)24,12-7-3-2-4-8-12)19-16(22)11-15-13-9-5-6-10-14(13)20-21-15/h2-10H,11H2,1H3,(H,19,22)(H,20,21)(H,23,24)/t18-/m0/s1. The molecule has 122 valence electrons. The van der Waals surface area contributed by atoms with Gasteiger partial charge in [0, 0.05) is 5.39 Å². The zero-order valence-corrected chi connectivity index (χ0v) is 13.1. The van der Waals surface area contributed by atoms with E-state index in [-0.39, 0.29) is 6.42 Å². The van der Waals surface area contributed by atoms with E-state index in [1.165, 1.54) is 6.92 Å². The summed E-state index contributed by atoms with van der Waals surface area (Å²) in [7, 11) is 0. The van der Waals surface area contributed by atoms with Crippen LogP contribution in [0.2, 0.25) is 0 Å². The lowest BCUT2D eigenvalue weighted by Gasteiger charge is -2.26. The first-order chi connectivity index (χ1) is 11.5. The Morgan fingerprint density at radius 3 is 2.50 bits per heavy atom. The monoisotopic (exact) mass is 323 g/mol. The van der Waals surface area contributed by atoms with E-state index in [4.69, 9.17) is 0 Å². The van der Waals surface area contributed by atoms with Crippen LogP contribution < -0.4 is 5.32 Å². The quantitative estimate of drug-likeness (QED) is 0.671. The van der Waals surface area contributed by atoms with Crippen molar-refractivity contribution in [1.82, 2.24) is 15.5 Å². The van der Waals surface area contributed by atoms with Gasteiger partial charge in [0.05, 0.1) is 17.6 Å². The van der Waals surface area contributed by atoms with Crippen molar-refractivity contribution in [1.29, 1.82) is 0 Å². The first kappa shape index (κ1) is 15.7. The van der Waals surface area contributed by atoms with E-state index in [2.05, 4.69) is 15.5 Å². The van der Waals surface area contributed by atoms with Crippen LogP contribution in [0.4, 0.5) is 0 Å². The van der Waals surface area contributed by atoms with Gasteiger partial charge in [0.1, 0.15) is 0 Å². The molecule has 0 aliphatic heterocycles. The molecule has 1 atom stereocenters. The van der Waals surface area contributed by atoms with Crippen LogP contribution in [0.1, 0.15) is 18.2 Å². The molecule has 0 bridgehead atoms. The number of carbonyl (C=O) groups excluding carboxylic acids is 1. The third-order valence-electron chi connectivity index (χ3n) is 4.05. The van der Waals surface area contributed by atoms with Crippen molar-refractivity contribution in [3.63, 3.8) is 0 Å². The number of hydrogen-bond donors (Lipinski definition) is 3.